The van der Waals surface area contributed by atoms with E-state index in [9.17, 15) is 4.79 Å². The van der Waals surface area contributed by atoms with Gasteiger partial charge in [-0.1, -0.05) is 12.8 Å². The lowest BCUT2D eigenvalue weighted by molar-refractivity contribution is -0.124. The van der Waals surface area contributed by atoms with Crippen molar-refractivity contribution in [3.05, 3.63) is 11.6 Å². The lowest BCUT2D eigenvalue weighted by atomic mass is 10.1. The summed E-state index contributed by atoms with van der Waals surface area (Å²) in [6, 6.07) is 0. The maximum absolute atomic E-state index is 11.9. The lowest BCUT2D eigenvalue weighted by Gasteiger charge is -2.10. The van der Waals surface area contributed by atoms with E-state index in [-0.39, 0.29) is 11.8 Å². The molecule has 98 valence electrons. The van der Waals surface area contributed by atoms with E-state index in [1.54, 1.807) is 0 Å². The zero-order chi connectivity index (χ0) is 12.4. The van der Waals surface area contributed by atoms with Gasteiger partial charge in [0.25, 0.3) is 0 Å². The van der Waals surface area contributed by atoms with Crippen molar-refractivity contribution in [2.75, 3.05) is 6.54 Å². The van der Waals surface area contributed by atoms with Gasteiger partial charge >= 0.3 is 0 Å². The van der Waals surface area contributed by atoms with Crippen LogP contribution in [0.4, 0.5) is 0 Å². The number of nitrogens with zero attached hydrogens (tertiary/aromatic N) is 3. The topological polar surface area (TPSA) is 59.8 Å². The monoisotopic (exact) mass is 248 g/mol. The van der Waals surface area contributed by atoms with E-state index in [4.69, 9.17) is 0 Å². The molecule has 1 saturated carbocycles. The predicted octanol–water partition coefficient (Wildman–Crippen LogP) is 1.07. The maximum Gasteiger partial charge on any atom is 0.223 e. The summed E-state index contributed by atoms with van der Waals surface area (Å²) in [4.78, 5) is 11.9. The lowest BCUT2D eigenvalue weighted by Crippen LogP contribution is -2.31. The zero-order valence-electron chi connectivity index (χ0n) is 10.7. The number of fused-ring (bicyclic) bond motifs is 1. The molecule has 1 aromatic heterocycles. The van der Waals surface area contributed by atoms with Gasteiger partial charge in [0.2, 0.25) is 5.91 Å². The normalized spacial score (nSPS) is 19.1. The van der Waals surface area contributed by atoms with Crippen LogP contribution in [0.2, 0.25) is 0 Å². The van der Waals surface area contributed by atoms with Crippen molar-refractivity contribution in [3.8, 4) is 0 Å². The van der Waals surface area contributed by atoms with Crippen LogP contribution in [0, 0.1) is 5.92 Å². The number of carbonyl (C=O) groups is 1. The number of nitrogens with one attached hydrogen (secondary N) is 1. The molecule has 1 amide bonds. The number of hydrogen-bond donors (Lipinski definition) is 1. The Bertz CT molecular complexity index is 434. The van der Waals surface area contributed by atoms with E-state index in [1.807, 2.05) is 0 Å². The summed E-state index contributed by atoms with van der Waals surface area (Å²) in [6.07, 6.45) is 7.54. The van der Waals surface area contributed by atoms with Crippen LogP contribution >= 0.6 is 0 Å². The van der Waals surface area contributed by atoms with Gasteiger partial charge in [-0.3, -0.25) is 4.79 Å². The molecule has 1 N–H and O–H groups in total. The van der Waals surface area contributed by atoms with E-state index in [0.717, 1.165) is 43.9 Å². The van der Waals surface area contributed by atoms with Crippen LogP contribution in [0.3, 0.4) is 0 Å². The van der Waals surface area contributed by atoms with Crippen molar-refractivity contribution in [3.63, 3.8) is 0 Å². The van der Waals surface area contributed by atoms with Gasteiger partial charge in [0.05, 0.1) is 0 Å². The Morgan fingerprint density at radius 3 is 2.94 bits per heavy atom. The van der Waals surface area contributed by atoms with Crippen LogP contribution < -0.4 is 5.32 Å². The molecule has 2 heterocycles. The summed E-state index contributed by atoms with van der Waals surface area (Å²) >= 11 is 0. The summed E-state index contributed by atoms with van der Waals surface area (Å²) in [5.74, 6) is 2.61. The molecule has 3 rings (SSSR count). The fourth-order valence-corrected chi connectivity index (χ4v) is 3.03. The number of hydrogen-bond acceptors (Lipinski definition) is 3. The Morgan fingerprint density at radius 2 is 2.11 bits per heavy atom. The van der Waals surface area contributed by atoms with Crippen molar-refractivity contribution in [2.45, 2.75) is 51.5 Å². The minimum absolute atomic E-state index is 0.230. The minimum Gasteiger partial charge on any atom is -0.355 e. The Labute approximate surface area is 107 Å². The maximum atomic E-state index is 11.9. The van der Waals surface area contributed by atoms with Crippen LogP contribution in [0.1, 0.15) is 43.8 Å². The summed E-state index contributed by atoms with van der Waals surface area (Å²) in [7, 11) is 0. The summed E-state index contributed by atoms with van der Waals surface area (Å²) in [5, 5.41) is 11.4. The molecule has 0 radical (unpaired) electrons. The largest absolute Gasteiger partial charge is 0.355 e. The molecule has 1 aliphatic carbocycles. The first-order valence-electron chi connectivity index (χ1n) is 7.03. The van der Waals surface area contributed by atoms with Crippen molar-refractivity contribution >= 4 is 5.91 Å². The number of aromatic nitrogens is 3. The van der Waals surface area contributed by atoms with E-state index in [0.29, 0.717) is 6.54 Å². The molecule has 0 bridgehead atoms. The van der Waals surface area contributed by atoms with Gasteiger partial charge in [0.15, 0.2) is 0 Å². The number of amides is 1. The van der Waals surface area contributed by atoms with Gasteiger partial charge in [-0.05, 0) is 19.3 Å². The molecular formula is C13H20N4O. The summed E-state index contributed by atoms with van der Waals surface area (Å²) in [5.41, 5.74) is 0. The third-order valence-corrected chi connectivity index (χ3v) is 4.06. The number of rotatable bonds is 4. The van der Waals surface area contributed by atoms with E-state index < -0.39 is 0 Å². The molecule has 5 heteroatoms. The Morgan fingerprint density at radius 1 is 1.28 bits per heavy atom. The molecule has 1 aliphatic heterocycles. The van der Waals surface area contributed by atoms with Crippen LogP contribution in [-0.2, 0) is 24.2 Å². The summed E-state index contributed by atoms with van der Waals surface area (Å²) < 4.78 is 2.20. The molecule has 0 spiro atoms. The quantitative estimate of drug-likeness (QED) is 0.867. The van der Waals surface area contributed by atoms with Crippen molar-refractivity contribution in [1.82, 2.24) is 20.1 Å². The second-order valence-corrected chi connectivity index (χ2v) is 5.31. The highest BCUT2D eigenvalue weighted by molar-refractivity contribution is 5.78. The van der Waals surface area contributed by atoms with Gasteiger partial charge in [-0.25, -0.2) is 0 Å². The number of carbonyl (C=O) groups excluding carboxylic acids is 1. The van der Waals surface area contributed by atoms with Gasteiger partial charge < -0.3 is 9.88 Å². The Kier molecular flexibility index (Phi) is 3.30. The molecule has 2 aliphatic rings. The second kappa shape index (κ2) is 5.08. The van der Waals surface area contributed by atoms with Gasteiger partial charge in [-0.2, -0.15) is 0 Å². The van der Waals surface area contributed by atoms with Crippen LogP contribution in [0.5, 0.6) is 0 Å². The number of aryl methyl sites for hydroxylation is 1. The van der Waals surface area contributed by atoms with E-state index in [1.165, 1.54) is 19.3 Å². The molecule has 0 saturated heterocycles. The van der Waals surface area contributed by atoms with Gasteiger partial charge in [-0.15, -0.1) is 10.2 Å². The molecule has 0 aromatic carbocycles. The Balaban J connectivity index is 1.48. The molecule has 0 unspecified atom stereocenters. The highest BCUT2D eigenvalue weighted by Crippen LogP contribution is 2.24. The van der Waals surface area contributed by atoms with E-state index in [2.05, 4.69) is 20.1 Å². The molecular weight excluding hydrogens is 228 g/mol. The van der Waals surface area contributed by atoms with Crippen molar-refractivity contribution < 1.29 is 4.79 Å². The highest BCUT2D eigenvalue weighted by Gasteiger charge is 2.22. The van der Waals surface area contributed by atoms with Crippen molar-refractivity contribution in [1.29, 1.82) is 0 Å². The van der Waals surface area contributed by atoms with Crippen LogP contribution in [-0.4, -0.2) is 27.2 Å². The fraction of sp³-hybridized carbons (Fsp3) is 0.769. The first kappa shape index (κ1) is 11.7. The standard InChI is InChI=1S/C13H20N4O/c18-13(10-4-1-2-5-10)14-8-7-12-16-15-11-6-3-9-17(11)12/h10H,1-9H2,(H,14,18). The minimum atomic E-state index is 0.230. The van der Waals surface area contributed by atoms with Crippen LogP contribution in [0.25, 0.3) is 0 Å². The zero-order valence-corrected chi connectivity index (χ0v) is 10.7. The van der Waals surface area contributed by atoms with Crippen molar-refractivity contribution in [2.24, 2.45) is 5.92 Å². The molecule has 1 aromatic rings. The predicted molar refractivity (Wildman–Crippen MR) is 67.0 cm³/mol. The van der Waals surface area contributed by atoms with E-state index >= 15 is 0 Å². The molecule has 1 fully saturated rings. The van der Waals surface area contributed by atoms with Gasteiger partial charge in [0.1, 0.15) is 11.6 Å². The third kappa shape index (κ3) is 2.26. The Hall–Kier alpha value is -1.39. The third-order valence-electron chi connectivity index (χ3n) is 4.06. The second-order valence-electron chi connectivity index (χ2n) is 5.31. The molecule has 18 heavy (non-hydrogen) atoms. The summed E-state index contributed by atoms with van der Waals surface area (Å²) in [6.45, 7) is 1.72. The SMILES string of the molecule is O=C(NCCc1nnc2n1CCC2)C1CCCC1. The highest BCUT2D eigenvalue weighted by atomic mass is 16.1. The molecule has 5 nitrogen and oxygen atoms in total. The average Bonchev–Trinajstić information content (AvgIpc) is 3.07. The molecule has 0 atom stereocenters. The first-order chi connectivity index (χ1) is 8.84. The van der Waals surface area contributed by atoms with Gasteiger partial charge in [0, 0.05) is 31.8 Å². The first-order valence-corrected chi connectivity index (χ1v) is 7.03. The smallest absolute Gasteiger partial charge is 0.223 e. The fourth-order valence-electron chi connectivity index (χ4n) is 3.03. The van der Waals surface area contributed by atoms with Crippen LogP contribution in [0.15, 0.2) is 0 Å². The average molecular weight is 248 g/mol.